The average molecular weight is 259 g/mol. The molecule has 0 radical (unpaired) electrons. The fraction of sp³-hybridized carbons (Fsp3) is 0.375. The van der Waals surface area contributed by atoms with Gasteiger partial charge in [0.25, 0.3) is 0 Å². The molecule has 2 heteroatoms. The summed E-state index contributed by atoms with van der Waals surface area (Å²) >= 11 is 1.85. The molecule has 1 heterocycles. The molecule has 0 fully saturated rings. The molecule has 1 nitrogen and oxygen atoms in total. The van der Waals surface area contributed by atoms with Crippen LogP contribution in [0, 0.1) is 6.92 Å². The Morgan fingerprint density at radius 3 is 2.61 bits per heavy atom. The topological polar surface area (TPSA) is 12.0 Å². The van der Waals surface area contributed by atoms with Crippen LogP contribution >= 0.6 is 11.3 Å². The molecule has 0 aliphatic carbocycles. The predicted molar refractivity (Wildman–Crippen MR) is 80.1 cm³/mol. The summed E-state index contributed by atoms with van der Waals surface area (Å²) in [5.41, 5.74) is 2.86. The van der Waals surface area contributed by atoms with Gasteiger partial charge in [-0.2, -0.15) is 0 Å². The van der Waals surface area contributed by atoms with E-state index < -0.39 is 0 Å². The van der Waals surface area contributed by atoms with E-state index in [0.717, 1.165) is 13.1 Å². The van der Waals surface area contributed by atoms with Crippen molar-refractivity contribution in [2.45, 2.75) is 32.7 Å². The first-order valence-electron chi connectivity index (χ1n) is 6.64. The van der Waals surface area contributed by atoms with Crippen molar-refractivity contribution in [2.75, 3.05) is 6.54 Å². The van der Waals surface area contributed by atoms with Crippen molar-refractivity contribution in [3.05, 3.63) is 57.8 Å². The molecular weight excluding hydrogens is 238 g/mol. The van der Waals surface area contributed by atoms with Crippen molar-refractivity contribution in [1.82, 2.24) is 5.32 Å². The number of unbranched alkanes of at least 4 members (excludes halogenated alkanes) is 1. The molecule has 96 valence electrons. The molecule has 0 saturated heterocycles. The van der Waals surface area contributed by atoms with Gasteiger partial charge in [0.15, 0.2) is 0 Å². The van der Waals surface area contributed by atoms with Crippen LogP contribution in [0.25, 0.3) is 0 Å². The molecule has 1 aromatic carbocycles. The monoisotopic (exact) mass is 259 g/mol. The minimum absolute atomic E-state index is 1.02. The normalized spacial score (nSPS) is 10.7. The van der Waals surface area contributed by atoms with Gasteiger partial charge in [-0.25, -0.2) is 0 Å². The van der Waals surface area contributed by atoms with Crippen LogP contribution in [0.15, 0.2) is 41.8 Å². The molecule has 0 unspecified atom stereocenters. The first-order chi connectivity index (χ1) is 8.86. The highest BCUT2D eigenvalue weighted by Gasteiger charge is 1.98. The zero-order chi connectivity index (χ0) is 12.6. The number of nitrogens with one attached hydrogen (secondary N) is 1. The van der Waals surface area contributed by atoms with Crippen LogP contribution < -0.4 is 5.32 Å². The van der Waals surface area contributed by atoms with E-state index in [1.54, 1.807) is 0 Å². The molecule has 1 aromatic heterocycles. The maximum Gasteiger partial charge on any atom is 0.0302 e. The van der Waals surface area contributed by atoms with E-state index in [1.807, 2.05) is 11.3 Å². The summed E-state index contributed by atoms with van der Waals surface area (Å²) in [4.78, 5) is 1.47. The molecule has 0 spiro atoms. The van der Waals surface area contributed by atoms with Gasteiger partial charge in [-0.15, -0.1) is 11.3 Å². The highest BCUT2D eigenvalue weighted by molar-refractivity contribution is 7.10. The molecule has 0 atom stereocenters. The van der Waals surface area contributed by atoms with Crippen LogP contribution in [-0.2, 0) is 13.0 Å². The summed E-state index contributed by atoms with van der Waals surface area (Å²) in [5, 5.41) is 5.69. The van der Waals surface area contributed by atoms with E-state index in [-0.39, 0.29) is 0 Å². The summed E-state index contributed by atoms with van der Waals surface area (Å²) < 4.78 is 0. The van der Waals surface area contributed by atoms with Crippen molar-refractivity contribution < 1.29 is 0 Å². The third-order valence-electron chi connectivity index (χ3n) is 3.17. The van der Waals surface area contributed by atoms with E-state index in [0.29, 0.717) is 0 Å². The Morgan fingerprint density at radius 2 is 1.89 bits per heavy atom. The van der Waals surface area contributed by atoms with Crippen molar-refractivity contribution in [1.29, 1.82) is 0 Å². The zero-order valence-corrected chi connectivity index (χ0v) is 11.8. The van der Waals surface area contributed by atoms with Crippen molar-refractivity contribution >= 4 is 11.3 Å². The molecule has 0 aliphatic rings. The van der Waals surface area contributed by atoms with Crippen LogP contribution in [0.1, 0.15) is 28.8 Å². The lowest BCUT2D eigenvalue weighted by Crippen LogP contribution is -2.14. The minimum Gasteiger partial charge on any atom is -0.312 e. The summed E-state index contributed by atoms with van der Waals surface area (Å²) in [7, 11) is 0. The van der Waals surface area contributed by atoms with E-state index in [2.05, 4.69) is 54.0 Å². The third kappa shape index (κ3) is 4.28. The standard InChI is InChI=1S/C16H21NS/c1-14-10-12-18-16(14)13-17-11-6-5-9-15-7-3-2-4-8-15/h2-4,7-8,10,12,17H,5-6,9,11,13H2,1H3. The Bertz CT molecular complexity index is 447. The van der Waals surface area contributed by atoms with Crippen LogP contribution in [-0.4, -0.2) is 6.54 Å². The third-order valence-corrected chi connectivity index (χ3v) is 4.19. The first-order valence-corrected chi connectivity index (χ1v) is 7.52. The summed E-state index contributed by atoms with van der Waals surface area (Å²) in [6.45, 7) is 4.32. The molecule has 2 aromatic rings. The molecule has 1 N–H and O–H groups in total. The number of benzene rings is 1. The highest BCUT2D eigenvalue weighted by Crippen LogP contribution is 2.14. The van der Waals surface area contributed by atoms with Gasteiger partial charge in [-0.05, 0) is 55.3 Å². The fourth-order valence-corrected chi connectivity index (χ4v) is 2.89. The number of aryl methyl sites for hydroxylation is 2. The number of hydrogen-bond acceptors (Lipinski definition) is 2. The fourth-order valence-electron chi connectivity index (χ4n) is 2.01. The SMILES string of the molecule is Cc1ccsc1CNCCCCc1ccccc1. The lowest BCUT2D eigenvalue weighted by molar-refractivity contribution is 0.625. The first kappa shape index (κ1) is 13.3. The van der Waals surface area contributed by atoms with Gasteiger partial charge in [-0.3, -0.25) is 0 Å². The van der Waals surface area contributed by atoms with E-state index >= 15 is 0 Å². The van der Waals surface area contributed by atoms with Gasteiger partial charge in [-0.1, -0.05) is 30.3 Å². The lowest BCUT2D eigenvalue weighted by atomic mass is 10.1. The van der Waals surface area contributed by atoms with Crippen LogP contribution in [0.4, 0.5) is 0 Å². The second-order valence-corrected chi connectivity index (χ2v) is 5.65. The molecule has 0 saturated carbocycles. The van der Waals surface area contributed by atoms with Gasteiger partial charge in [0.1, 0.15) is 0 Å². The van der Waals surface area contributed by atoms with Gasteiger partial charge in [0, 0.05) is 11.4 Å². The second kappa shape index (κ2) is 7.34. The van der Waals surface area contributed by atoms with Crippen LogP contribution in [0.5, 0.6) is 0 Å². The van der Waals surface area contributed by atoms with Gasteiger partial charge in [0.05, 0.1) is 0 Å². The Hall–Kier alpha value is -1.12. The molecule has 2 rings (SSSR count). The van der Waals surface area contributed by atoms with Gasteiger partial charge < -0.3 is 5.32 Å². The number of hydrogen-bond donors (Lipinski definition) is 1. The van der Waals surface area contributed by atoms with E-state index in [1.165, 1.54) is 35.3 Å². The summed E-state index contributed by atoms with van der Waals surface area (Å²) in [6, 6.07) is 12.9. The Kier molecular flexibility index (Phi) is 5.43. The minimum atomic E-state index is 1.02. The van der Waals surface area contributed by atoms with E-state index in [9.17, 15) is 0 Å². The predicted octanol–water partition coefficient (Wildman–Crippen LogP) is 4.17. The molecule has 0 amide bonds. The molecular formula is C16H21NS. The van der Waals surface area contributed by atoms with Crippen molar-refractivity contribution in [3.63, 3.8) is 0 Å². The summed E-state index contributed by atoms with van der Waals surface area (Å²) in [5.74, 6) is 0. The molecule has 0 aliphatic heterocycles. The number of rotatable bonds is 7. The van der Waals surface area contributed by atoms with Crippen molar-refractivity contribution in [2.24, 2.45) is 0 Å². The van der Waals surface area contributed by atoms with E-state index in [4.69, 9.17) is 0 Å². The average Bonchev–Trinajstić information content (AvgIpc) is 2.81. The maximum absolute atomic E-state index is 3.53. The Labute approximate surface area is 114 Å². The molecule has 0 bridgehead atoms. The van der Waals surface area contributed by atoms with Crippen LogP contribution in [0.2, 0.25) is 0 Å². The highest BCUT2D eigenvalue weighted by atomic mass is 32.1. The van der Waals surface area contributed by atoms with Gasteiger partial charge >= 0.3 is 0 Å². The second-order valence-electron chi connectivity index (χ2n) is 4.65. The largest absolute Gasteiger partial charge is 0.312 e. The zero-order valence-electron chi connectivity index (χ0n) is 11.0. The lowest BCUT2D eigenvalue weighted by Gasteiger charge is -2.04. The van der Waals surface area contributed by atoms with Gasteiger partial charge in [0.2, 0.25) is 0 Å². The number of thiophene rings is 1. The van der Waals surface area contributed by atoms with Crippen molar-refractivity contribution in [3.8, 4) is 0 Å². The quantitative estimate of drug-likeness (QED) is 0.736. The smallest absolute Gasteiger partial charge is 0.0302 e. The Balaban J connectivity index is 1.56. The Morgan fingerprint density at radius 1 is 1.06 bits per heavy atom. The summed E-state index contributed by atoms with van der Waals surface area (Å²) in [6.07, 6.45) is 3.71. The maximum atomic E-state index is 3.53. The van der Waals surface area contributed by atoms with Crippen LogP contribution in [0.3, 0.4) is 0 Å². The molecule has 18 heavy (non-hydrogen) atoms.